The SMILES string of the molecule is COc1cccc(CCNc2cc(C(=O)N3c4ccccc4CC3C)ncn2)c1. The van der Waals surface area contributed by atoms with Crippen LogP contribution in [0.25, 0.3) is 0 Å². The topological polar surface area (TPSA) is 67.3 Å². The highest BCUT2D eigenvalue weighted by Crippen LogP contribution is 2.32. The molecule has 148 valence electrons. The molecule has 1 atom stereocenters. The summed E-state index contributed by atoms with van der Waals surface area (Å²) in [4.78, 5) is 23.4. The Morgan fingerprint density at radius 1 is 1.17 bits per heavy atom. The van der Waals surface area contributed by atoms with E-state index in [2.05, 4.69) is 34.3 Å². The van der Waals surface area contributed by atoms with Gasteiger partial charge in [-0.05, 0) is 49.1 Å². The van der Waals surface area contributed by atoms with Gasteiger partial charge < -0.3 is 15.0 Å². The summed E-state index contributed by atoms with van der Waals surface area (Å²) in [5.74, 6) is 1.39. The molecule has 3 aromatic rings. The first-order chi connectivity index (χ1) is 14.2. The summed E-state index contributed by atoms with van der Waals surface area (Å²) in [5.41, 5.74) is 3.73. The van der Waals surface area contributed by atoms with E-state index in [1.54, 1.807) is 13.2 Å². The van der Waals surface area contributed by atoms with Crippen LogP contribution in [0.15, 0.2) is 60.9 Å². The van der Waals surface area contributed by atoms with Gasteiger partial charge in [0.15, 0.2) is 0 Å². The van der Waals surface area contributed by atoms with Gasteiger partial charge in [0.25, 0.3) is 5.91 Å². The summed E-state index contributed by atoms with van der Waals surface area (Å²) in [6, 6.07) is 17.9. The highest BCUT2D eigenvalue weighted by Gasteiger charge is 2.31. The molecule has 4 rings (SSSR count). The van der Waals surface area contributed by atoms with E-state index in [1.807, 2.05) is 41.3 Å². The van der Waals surface area contributed by atoms with Crippen molar-refractivity contribution in [2.45, 2.75) is 25.8 Å². The van der Waals surface area contributed by atoms with E-state index in [4.69, 9.17) is 4.74 Å². The molecule has 2 heterocycles. The van der Waals surface area contributed by atoms with Crippen LogP contribution in [0.2, 0.25) is 0 Å². The number of hydrogen-bond donors (Lipinski definition) is 1. The molecule has 0 spiro atoms. The monoisotopic (exact) mass is 388 g/mol. The van der Waals surface area contributed by atoms with Crippen molar-refractivity contribution in [3.8, 4) is 5.75 Å². The Hall–Kier alpha value is -3.41. The van der Waals surface area contributed by atoms with E-state index >= 15 is 0 Å². The fraction of sp³-hybridized carbons (Fsp3) is 0.261. The van der Waals surface area contributed by atoms with E-state index in [1.165, 1.54) is 17.5 Å². The molecule has 0 aliphatic carbocycles. The second-order valence-corrected chi connectivity index (χ2v) is 7.17. The molecule has 1 amide bonds. The minimum absolute atomic E-state index is 0.0966. The third-order valence-electron chi connectivity index (χ3n) is 5.17. The summed E-state index contributed by atoms with van der Waals surface area (Å²) in [7, 11) is 1.66. The van der Waals surface area contributed by atoms with E-state index in [0.29, 0.717) is 18.1 Å². The lowest BCUT2D eigenvalue weighted by atomic mass is 10.1. The maximum atomic E-state index is 13.1. The van der Waals surface area contributed by atoms with E-state index in [-0.39, 0.29) is 11.9 Å². The second-order valence-electron chi connectivity index (χ2n) is 7.17. The Labute approximate surface area is 170 Å². The van der Waals surface area contributed by atoms with Crippen molar-refractivity contribution in [2.24, 2.45) is 0 Å². The lowest BCUT2D eigenvalue weighted by Crippen LogP contribution is -2.36. The Balaban J connectivity index is 1.44. The summed E-state index contributed by atoms with van der Waals surface area (Å²) < 4.78 is 5.26. The molecule has 1 unspecified atom stereocenters. The number of methoxy groups -OCH3 is 1. The highest BCUT2D eigenvalue weighted by molar-refractivity contribution is 6.06. The number of rotatable bonds is 6. The third kappa shape index (κ3) is 4.06. The van der Waals surface area contributed by atoms with Crippen molar-refractivity contribution in [3.05, 3.63) is 77.7 Å². The number of benzene rings is 2. The first-order valence-corrected chi connectivity index (χ1v) is 9.76. The number of hydrogen-bond acceptors (Lipinski definition) is 5. The van der Waals surface area contributed by atoms with Gasteiger partial charge >= 0.3 is 0 Å². The maximum absolute atomic E-state index is 13.1. The van der Waals surface area contributed by atoms with Crippen LogP contribution in [-0.2, 0) is 12.8 Å². The first-order valence-electron chi connectivity index (χ1n) is 9.76. The van der Waals surface area contributed by atoms with Crippen molar-refractivity contribution in [1.29, 1.82) is 0 Å². The van der Waals surface area contributed by atoms with E-state index < -0.39 is 0 Å². The van der Waals surface area contributed by atoms with Gasteiger partial charge in [0.05, 0.1) is 7.11 Å². The van der Waals surface area contributed by atoms with Crippen LogP contribution < -0.4 is 15.0 Å². The predicted molar refractivity (Wildman–Crippen MR) is 114 cm³/mol. The molecule has 2 aromatic carbocycles. The number of fused-ring (bicyclic) bond motifs is 1. The molecule has 1 aliphatic heterocycles. The number of carbonyl (C=O) groups is 1. The van der Waals surface area contributed by atoms with Gasteiger partial charge in [0.1, 0.15) is 23.6 Å². The van der Waals surface area contributed by atoms with Gasteiger partial charge in [-0.2, -0.15) is 0 Å². The number of anilines is 2. The molecule has 0 radical (unpaired) electrons. The van der Waals surface area contributed by atoms with Gasteiger partial charge in [-0.25, -0.2) is 9.97 Å². The van der Waals surface area contributed by atoms with Gasteiger partial charge in [0.2, 0.25) is 0 Å². The van der Waals surface area contributed by atoms with E-state index in [9.17, 15) is 4.79 Å². The zero-order valence-corrected chi connectivity index (χ0v) is 16.6. The second kappa shape index (κ2) is 8.31. The lowest BCUT2D eigenvalue weighted by Gasteiger charge is -2.22. The quantitative estimate of drug-likeness (QED) is 0.697. The molecule has 1 aromatic heterocycles. The largest absolute Gasteiger partial charge is 0.497 e. The number of para-hydroxylation sites is 1. The average Bonchev–Trinajstić information content (AvgIpc) is 3.09. The Morgan fingerprint density at radius 2 is 2.03 bits per heavy atom. The number of amides is 1. The van der Waals surface area contributed by atoms with Crippen LogP contribution in [0, 0.1) is 0 Å². The van der Waals surface area contributed by atoms with Crippen molar-refractivity contribution in [3.63, 3.8) is 0 Å². The number of nitrogens with one attached hydrogen (secondary N) is 1. The molecule has 0 bridgehead atoms. The van der Waals surface area contributed by atoms with Crippen LogP contribution >= 0.6 is 0 Å². The maximum Gasteiger partial charge on any atom is 0.277 e. The molecule has 1 aliphatic rings. The smallest absolute Gasteiger partial charge is 0.277 e. The molecule has 0 fully saturated rings. The van der Waals surface area contributed by atoms with Gasteiger partial charge in [0, 0.05) is 24.3 Å². The number of carbonyl (C=O) groups excluding carboxylic acids is 1. The van der Waals surface area contributed by atoms with Crippen LogP contribution in [0.4, 0.5) is 11.5 Å². The first kappa shape index (κ1) is 18.9. The van der Waals surface area contributed by atoms with Crippen LogP contribution in [-0.4, -0.2) is 35.6 Å². The molecular formula is C23H24N4O2. The van der Waals surface area contributed by atoms with E-state index in [0.717, 1.165) is 24.3 Å². The summed E-state index contributed by atoms with van der Waals surface area (Å²) in [6.45, 7) is 2.76. The minimum Gasteiger partial charge on any atom is -0.497 e. The van der Waals surface area contributed by atoms with Crippen molar-refractivity contribution in [2.75, 3.05) is 23.9 Å². The minimum atomic E-state index is -0.0966. The van der Waals surface area contributed by atoms with Crippen LogP contribution in [0.1, 0.15) is 28.5 Å². The zero-order valence-electron chi connectivity index (χ0n) is 16.6. The Morgan fingerprint density at radius 3 is 2.90 bits per heavy atom. The average molecular weight is 388 g/mol. The normalized spacial score (nSPS) is 15.1. The summed E-state index contributed by atoms with van der Waals surface area (Å²) in [6.07, 6.45) is 3.12. The Bertz CT molecular complexity index is 1020. The summed E-state index contributed by atoms with van der Waals surface area (Å²) in [5, 5.41) is 3.28. The molecule has 0 saturated carbocycles. The van der Waals surface area contributed by atoms with Crippen LogP contribution in [0.3, 0.4) is 0 Å². The fourth-order valence-electron chi connectivity index (χ4n) is 3.73. The molecule has 6 heteroatoms. The van der Waals surface area contributed by atoms with Gasteiger partial charge in [-0.1, -0.05) is 30.3 Å². The standard InChI is InChI=1S/C23H24N4O2/c1-16-12-18-7-3-4-9-21(18)27(16)23(28)20-14-22(26-15-25-20)24-11-10-17-6-5-8-19(13-17)29-2/h3-9,13-16H,10-12H2,1-2H3,(H,24,25,26). The van der Waals surface area contributed by atoms with Gasteiger partial charge in [-0.15, -0.1) is 0 Å². The fourth-order valence-corrected chi connectivity index (χ4v) is 3.73. The lowest BCUT2D eigenvalue weighted by molar-refractivity contribution is 0.0976. The highest BCUT2D eigenvalue weighted by atomic mass is 16.5. The Kier molecular flexibility index (Phi) is 5.42. The summed E-state index contributed by atoms with van der Waals surface area (Å²) >= 11 is 0. The zero-order chi connectivity index (χ0) is 20.2. The van der Waals surface area contributed by atoms with Gasteiger partial charge in [-0.3, -0.25) is 4.79 Å². The van der Waals surface area contributed by atoms with Crippen molar-refractivity contribution >= 4 is 17.4 Å². The number of ether oxygens (including phenoxy) is 1. The number of aromatic nitrogens is 2. The molecule has 0 saturated heterocycles. The number of nitrogens with zero attached hydrogens (tertiary/aromatic N) is 3. The van der Waals surface area contributed by atoms with Crippen molar-refractivity contribution in [1.82, 2.24) is 9.97 Å². The van der Waals surface area contributed by atoms with Crippen LogP contribution in [0.5, 0.6) is 5.75 Å². The van der Waals surface area contributed by atoms with Crippen molar-refractivity contribution < 1.29 is 9.53 Å². The third-order valence-corrected chi connectivity index (χ3v) is 5.17. The molecule has 6 nitrogen and oxygen atoms in total. The molecular weight excluding hydrogens is 364 g/mol. The molecule has 1 N–H and O–H groups in total. The predicted octanol–water partition coefficient (Wildman–Crippen LogP) is 3.73. The molecule has 29 heavy (non-hydrogen) atoms.